The number of carbonyl (C=O) groups excluding carboxylic acids is 2. The van der Waals surface area contributed by atoms with E-state index in [1.807, 2.05) is 43.3 Å². The molecule has 4 heteroatoms. The van der Waals surface area contributed by atoms with Crippen LogP contribution < -0.4 is 0 Å². The Labute approximate surface area is 168 Å². The van der Waals surface area contributed by atoms with Crippen molar-refractivity contribution in [3.05, 3.63) is 71.3 Å². The zero-order valence-electron chi connectivity index (χ0n) is 17.4. The van der Waals surface area contributed by atoms with E-state index in [1.54, 1.807) is 18.2 Å². The molecule has 0 aliphatic heterocycles. The zero-order chi connectivity index (χ0) is 20.8. The van der Waals surface area contributed by atoms with E-state index in [1.165, 1.54) is 20.0 Å². The first-order chi connectivity index (χ1) is 13.5. The third-order valence-corrected chi connectivity index (χ3v) is 4.55. The first-order valence-corrected chi connectivity index (χ1v) is 9.89. The molecule has 2 aromatic rings. The number of methoxy groups -OCH3 is 1. The summed E-state index contributed by atoms with van der Waals surface area (Å²) in [6, 6.07) is 16.5. The van der Waals surface area contributed by atoms with Crippen LogP contribution in [0.1, 0.15) is 65.8 Å². The molecule has 152 valence electrons. The van der Waals surface area contributed by atoms with E-state index in [4.69, 9.17) is 4.74 Å². The fraction of sp³-hybridized carbons (Fsp3) is 0.417. The zero-order valence-corrected chi connectivity index (χ0v) is 17.4. The molecule has 0 aliphatic carbocycles. The van der Waals surface area contributed by atoms with Crippen LogP contribution in [0.3, 0.4) is 0 Å². The number of unbranched alkanes of at least 4 members (excludes halogenated alkanes) is 1. The number of esters is 2. The maximum absolute atomic E-state index is 11.7. The van der Waals surface area contributed by atoms with Crippen molar-refractivity contribution < 1.29 is 19.1 Å². The maximum Gasteiger partial charge on any atom is 0.338 e. The smallest absolute Gasteiger partial charge is 0.338 e. The van der Waals surface area contributed by atoms with Gasteiger partial charge in [-0.2, -0.15) is 0 Å². The van der Waals surface area contributed by atoms with Crippen LogP contribution in [0.2, 0.25) is 0 Å². The highest BCUT2D eigenvalue weighted by atomic mass is 16.5. The maximum atomic E-state index is 11.7. The van der Waals surface area contributed by atoms with Crippen LogP contribution in [-0.4, -0.2) is 25.7 Å². The lowest BCUT2D eigenvalue weighted by atomic mass is 10.0. The predicted octanol–water partition coefficient (Wildman–Crippen LogP) is 5.84. The van der Waals surface area contributed by atoms with E-state index in [9.17, 15) is 9.59 Å². The van der Waals surface area contributed by atoms with Gasteiger partial charge in [0.25, 0.3) is 0 Å². The van der Waals surface area contributed by atoms with Gasteiger partial charge in [-0.15, -0.1) is 0 Å². The summed E-state index contributed by atoms with van der Waals surface area (Å²) < 4.78 is 9.92. The minimum atomic E-state index is -0.275. The van der Waals surface area contributed by atoms with Gasteiger partial charge in [0.15, 0.2) is 0 Å². The summed E-state index contributed by atoms with van der Waals surface area (Å²) in [5.41, 5.74) is 2.21. The molecule has 0 N–H and O–H groups in total. The molecule has 0 spiro atoms. The van der Waals surface area contributed by atoms with E-state index < -0.39 is 0 Å². The van der Waals surface area contributed by atoms with Crippen molar-refractivity contribution in [3.8, 4) is 0 Å². The van der Waals surface area contributed by atoms with Crippen LogP contribution in [0, 0.1) is 12.8 Å². The van der Waals surface area contributed by atoms with Gasteiger partial charge in [-0.1, -0.05) is 69.5 Å². The number of aryl methyl sites for hydroxylation is 1. The molecule has 0 heterocycles. The molecule has 0 saturated carbocycles. The Kier molecular flexibility index (Phi) is 11.3. The first-order valence-electron chi connectivity index (χ1n) is 9.89. The third-order valence-electron chi connectivity index (χ3n) is 4.55. The molecule has 1 atom stereocenters. The molecule has 0 aliphatic rings. The van der Waals surface area contributed by atoms with Crippen molar-refractivity contribution in [2.45, 2.75) is 46.5 Å². The minimum Gasteiger partial charge on any atom is -0.465 e. The van der Waals surface area contributed by atoms with Gasteiger partial charge >= 0.3 is 11.9 Å². The first kappa shape index (κ1) is 23.4. The Morgan fingerprint density at radius 2 is 1.57 bits per heavy atom. The molecule has 2 rings (SSSR count). The van der Waals surface area contributed by atoms with Gasteiger partial charge < -0.3 is 9.47 Å². The van der Waals surface area contributed by atoms with Crippen molar-refractivity contribution in [3.63, 3.8) is 0 Å². The minimum absolute atomic E-state index is 0.208. The molecular weight excluding hydrogens is 352 g/mol. The molecule has 28 heavy (non-hydrogen) atoms. The lowest BCUT2D eigenvalue weighted by molar-refractivity contribution is 0.0427. The fourth-order valence-corrected chi connectivity index (χ4v) is 2.66. The van der Waals surface area contributed by atoms with E-state index in [0.29, 0.717) is 23.7 Å². The monoisotopic (exact) mass is 384 g/mol. The van der Waals surface area contributed by atoms with Crippen LogP contribution in [0.5, 0.6) is 0 Å². The molecule has 0 aromatic heterocycles. The summed E-state index contributed by atoms with van der Waals surface area (Å²) in [5.74, 6) is 0.0197. The van der Waals surface area contributed by atoms with Crippen molar-refractivity contribution in [1.29, 1.82) is 0 Å². The van der Waals surface area contributed by atoms with Gasteiger partial charge in [0.2, 0.25) is 0 Å². The fourth-order valence-electron chi connectivity index (χ4n) is 2.66. The Hall–Kier alpha value is -2.62. The highest BCUT2D eigenvalue weighted by Gasteiger charge is 2.11. The van der Waals surface area contributed by atoms with Gasteiger partial charge in [-0.3, -0.25) is 0 Å². The third kappa shape index (κ3) is 8.38. The predicted molar refractivity (Wildman–Crippen MR) is 113 cm³/mol. The van der Waals surface area contributed by atoms with E-state index in [-0.39, 0.29) is 11.9 Å². The normalized spacial score (nSPS) is 11.0. The van der Waals surface area contributed by atoms with E-state index >= 15 is 0 Å². The second-order valence-corrected chi connectivity index (χ2v) is 6.69. The van der Waals surface area contributed by atoms with Gasteiger partial charge in [-0.25, -0.2) is 9.59 Å². The van der Waals surface area contributed by atoms with Crippen LogP contribution >= 0.6 is 0 Å². The summed E-state index contributed by atoms with van der Waals surface area (Å²) in [6.07, 6.45) is 4.63. The van der Waals surface area contributed by atoms with Crippen LogP contribution in [-0.2, 0) is 9.47 Å². The molecule has 0 amide bonds. The van der Waals surface area contributed by atoms with E-state index in [0.717, 1.165) is 18.4 Å². The average molecular weight is 385 g/mol. The van der Waals surface area contributed by atoms with Crippen molar-refractivity contribution in [2.75, 3.05) is 13.7 Å². The molecule has 0 saturated heterocycles. The summed E-state index contributed by atoms with van der Waals surface area (Å²) in [4.78, 5) is 22.7. The Morgan fingerprint density at radius 3 is 2.14 bits per heavy atom. The van der Waals surface area contributed by atoms with Crippen LogP contribution in [0.25, 0.3) is 0 Å². The van der Waals surface area contributed by atoms with Gasteiger partial charge in [0, 0.05) is 0 Å². The van der Waals surface area contributed by atoms with Crippen LogP contribution in [0.4, 0.5) is 0 Å². The highest BCUT2D eigenvalue weighted by Crippen LogP contribution is 2.14. The lowest BCUT2D eigenvalue weighted by Gasteiger charge is -2.14. The number of benzene rings is 2. The molecule has 0 radical (unpaired) electrons. The summed E-state index contributed by atoms with van der Waals surface area (Å²) in [5, 5.41) is 0. The van der Waals surface area contributed by atoms with Gasteiger partial charge in [-0.05, 0) is 43.0 Å². The summed E-state index contributed by atoms with van der Waals surface area (Å²) in [6.45, 7) is 6.76. The summed E-state index contributed by atoms with van der Waals surface area (Å²) >= 11 is 0. The number of hydrogen-bond donors (Lipinski definition) is 0. The molecule has 1 unspecified atom stereocenters. The average Bonchev–Trinajstić information content (AvgIpc) is 2.74. The quantitative estimate of drug-likeness (QED) is 0.536. The number of carbonyl (C=O) groups is 2. The standard InChI is InChI=1S/C15H22O2.C9H10O2/c1-3-5-9-13(4-2)12-17-15(16)14-10-7-6-8-11-14;1-7-5-3-4-6-8(7)9(10)11-2/h6-8,10-11,13H,3-5,9,12H2,1-2H3;3-6H,1-2H3. The SMILES string of the molecule is CCCCC(CC)COC(=O)c1ccccc1.COC(=O)c1ccccc1C. The second kappa shape index (κ2) is 13.5. The number of ether oxygens (including phenoxy) is 2. The van der Waals surface area contributed by atoms with Crippen molar-refractivity contribution in [1.82, 2.24) is 0 Å². The summed E-state index contributed by atoms with van der Waals surface area (Å²) in [7, 11) is 1.38. The molecule has 2 aromatic carbocycles. The molecular formula is C24H32O4. The van der Waals surface area contributed by atoms with Gasteiger partial charge in [0.1, 0.15) is 0 Å². The number of hydrogen-bond acceptors (Lipinski definition) is 4. The Bertz CT molecular complexity index is 710. The Morgan fingerprint density at radius 1 is 0.929 bits per heavy atom. The topological polar surface area (TPSA) is 52.6 Å². The largest absolute Gasteiger partial charge is 0.465 e. The molecule has 4 nitrogen and oxygen atoms in total. The highest BCUT2D eigenvalue weighted by molar-refractivity contribution is 5.90. The van der Waals surface area contributed by atoms with Crippen molar-refractivity contribution in [2.24, 2.45) is 5.92 Å². The van der Waals surface area contributed by atoms with Crippen molar-refractivity contribution >= 4 is 11.9 Å². The molecule has 0 bridgehead atoms. The van der Waals surface area contributed by atoms with Crippen LogP contribution in [0.15, 0.2) is 54.6 Å². The molecule has 0 fully saturated rings. The number of rotatable bonds is 8. The lowest BCUT2D eigenvalue weighted by Crippen LogP contribution is -2.13. The second-order valence-electron chi connectivity index (χ2n) is 6.69. The Balaban J connectivity index is 0.000000307. The van der Waals surface area contributed by atoms with E-state index in [2.05, 4.69) is 18.6 Å². The van der Waals surface area contributed by atoms with Gasteiger partial charge in [0.05, 0.1) is 24.8 Å².